The second-order valence-corrected chi connectivity index (χ2v) is 9.89. The van der Waals surface area contributed by atoms with Gasteiger partial charge >= 0.3 is 0 Å². The van der Waals surface area contributed by atoms with Gasteiger partial charge in [-0.3, -0.25) is 4.57 Å². The van der Waals surface area contributed by atoms with Crippen LogP contribution in [0.15, 0.2) is 103 Å². The fourth-order valence-corrected chi connectivity index (χ4v) is 5.95. The van der Waals surface area contributed by atoms with E-state index in [0.29, 0.717) is 5.92 Å². The number of para-hydroxylation sites is 2. The van der Waals surface area contributed by atoms with Crippen molar-refractivity contribution in [2.45, 2.75) is 6.42 Å². The predicted molar refractivity (Wildman–Crippen MR) is 153 cm³/mol. The Hall–Kier alpha value is -4.70. The molecule has 0 unspecified atom stereocenters. The molecule has 0 fully saturated rings. The van der Waals surface area contributed by atoms with E-state index in [-0.39, 0.29) is 0 Å². The molecule has 3 heterocycles. The molecule has 8 rings (SSSR count). The lowest BCUT2D eigenvalue weighted by Crippen LogP contribution is -2.13. The molecule has 176 valence electrons. The van der Waals surface area contributed by atoms with E-state index in [1.54, 1.807) is 0 Å². The van der Waals surface area contributed by atoms with Gasteiger partial charge in [0.15, 0.2) is 5.82 Å². The van der Waals surface area contributed by atoms with Crippen LogP contribution in [0.25, 0.3) is 51.2 Å². The van der Waals surface area contributed by atoms with Crippen LogP contribution >= 0.6 is 0 Å². The van der Waals surface area contributed by atoms with Crippen LogP contribution in [-0.4, -0.2) is 21.1 Å². The van der Waals surface area contributed by atoms with Crippen LogP contribution in [0.2, 0.25) is 0 Å². The van der Waals surface area contributed by atoms with Gasteiger partial charge in [-0.15, -0.1) is 0 Å². The van der Waals surface area contributed by atoms with E-state index >= 15 is 0 Å². The summed E-state index contributed by atoms with van der Waals surface area (Å²) >= 11 is 0. The van der Waals surface area contributed by atoms with Crippen LogP contribution in [0.4, 0.5) is 5.69 Å². The smallest absolute Gasteiger partial charge is 0.162 e. The molecule has 1 N–H and O–H groups in total. The Kier molecular flexibility index (Phi) is 4.38. The third-order valence-corrected chi connectivity index (χ3v) is 7.73. The molecule has 5 aromatic rings. The molecule has 0 bridgehead atoms. The number of nitrogens with zero attached hydrogens (tertiary/aromatic N) is 3. The first-order valence-corrected chi connectivity index (χ1v) is 12.8. The van der Waals surface area contributed by atoms with Gasteiger partial charge in [0.05, 0.1) is 16.7 Å². The molecule has 2 aliphatic carbocycles. The van der Waals surface area contributed by atoms with Crippen molar-refractivity contribution in [1.82, 2.24) is 14.5 Å². The first-order valence-electron chi connectivity index (χ1n) is 12.8. The van der Waals surface area contributed by atoms with E-state index in [0.717, 1.165) is 46.8 Å². The van der Waals surface area contributed by atoms with Gasteiger partial charge in [0.25, 0.3) is 0 Å². The van der Waals surface area contributed by atoms with Crippen molar-refractivity contribution in [3.8, 4) is 17.2 Å². The minimum atomic E-state index is 0.423. The number of hydrogen-bond acceptors (Lipinski definition) is 3. The Balaban J connectivity index is 1.42. The van der Waals surface area contributed by atoms with Crippen molar-refractivity contribution >= 4 is 39.6 Å². The monoisotopic (exact) mass is 476 g/mol. The molecule has 3 aromatic carbocycles. The summed E-state index contributed by atoms with van der Waals surface area (Å²) in [5.74, 6) is 2.09. The van der Waals surface area contributed by atoms with Crippen molar-refractivity contribution in [1.29, 1.82) is 0 Å². The summed E-state index contributed by atoms with van der Waals surface area (Å²) in [4.78, 5) is 10.3. The van der Waals surface area contributed by atoms with Gasteiger partial charge in [0.1, 0.15) is 5.82 Å². The average Bonchev–Trinajstić information content (AvgIpc) is 3.28. The molecule has 37 heavy (non-hydrogen) atoms. The van der Waals surface area contributed by atoms with Crippen LogP contribution in [0.5, 0.6) is 0 Å². The molecule has 4 nitrogen and oxygen atoms in total. The Labute approximate surface area is 215 Å². The van der Waals surface area contributed by atoms with Crippen LogP contribution in [-0.2, 0) is 6.42 Å². The normalized spacial score (nSPS) is 17.3. The molecular weight excluding hydrogens is 452 g/mol. The zero-order chi connectivity index (χ0) is 24.3. The van der Waals surface area contributed by atoms with Crippen LogP contribution in [0, 0.1) is 5.92 Å². The minimum absolute atomic E-state index is 0.423. The highest BCUT2D eigenvalue weighted by atomic mass is 15.1. The Morgan fingerprint density at radius 2 is 1.76 bits per heavy atom. The van der Waals surface area contributed by atoms with E-state index in [4.69, 9.17) is 9.97 Å². The summed E-state index contributed by atoms with van der Waals surface area (Å²) in [6, 6.07) is 23.5. The van der Waals surface area contributed by atoms with Crippen molar-refractivity contribution in [2.75, 3.05) is 11.9 Å². The number of nitrogens with one attached hydrogen (secondary N) is 1. The largest absolute Gasteiger partial charge is 0.381 e. The Morgan fingerprint density at radius 1 is 0.865 bits per heavy atom. The average molecular weight is 477 g/mol. The fraction of sp³-hybridized carbons (Fsp3) is 0.0909. The summed E-state index contributed by atoms with van der Waals surface area (Å²) in [5, 5.41) is 5.82. The maximum atomic E-state index is 5.27. The first kappa shape index (κ1) is 20.5. The standard InChI is InChI=1S/C33H24N4/c1-2-9-23-20-31-27(18-22(23)8-1)25-11-4-6-14-30(25)37(31)33-26-12-3-5-13-28(26)35-32(36-33)24-16-15-21-10-7-17-34-29(21)19-24/h1-16,19-20,22,34H,17-18H2/t22-/m1/s1. The first-order chi connectivity index (χ1) is 18.3. The number of hydrogen-bond donors (Lipinski definition) is 1. The summed E-state index contributed by atoms with van der Waals surface area (Å²) in [7, 11) is 0. The number of benzene rings is 3. The van der Waals surface area contributed by atoms with E-state index < -0.39 is 0 Å². The summed E-state index contributed by atoms with van der Waals surface area (Å²) in [6.45, 7) is 0.834. The lowest BCUT2D eigenvalue weighted by atomic mass is 9.83. The second kappa shape index (κ2) is 7.90. The number of fused-ring (bicyclic) bond motifs is 6. The third kappa shape index (κ3) is 3.15. The summed E-state index contributed by atoms with van der Waals surface area (Å²) in [5.41, 5.74) is 9.42. The number of allylic oxidation sites excluding steroid dienone is 5. The van der Waals surface area contributed by atoms with Gasteiger partial charge < -0.3 is 5.32 Å². The lowest BCUT2D eigenvalue weighted by Gasteiger charge is -2.23. The molecule has 0 saturated carbocycles. The Morgan fingerprint density at radius 3 is 2.73 bits per heavy atom. The zero-order valence-electron chi connectivity index (χ0n) is 20.2. The summed E-state index contributed by atoms with van der Waals surface area (Å²) < 4.78 is 2.35. The molecular formula is C33H24N4. The fourth-order valence-electron chi connectivity index (χ4n) is 5.95. The maximum Gasteiger partial charge on any atom is 0.162 e. The predicted octanol–water partition coefficient (Wildman–Crippen LogP) is 7.36. The SMILES string of the molecule is C1=CC2=Cc3c(c4ccccc4n3-c3nc(-c4ccc5c(c4)NCC=C5)nc4ccccc34)C[C@H]2C=C1. The van der Waals surface area contributed by atoms with Gasteiger partial charge in [0.2, 0.25) is 0 Å². The molecule has 0 amide bonds. The van der Waals surface area contributed by atoms with Gasteiger partial charge in [-0.1, -0.05) is 78.9 Å². The van der Waals surface area contributed by atoms with E-state index in [9.17, 15) is 0 Å². The van der Waals surface area contributed by atoms with E-state index in [2.05, 4.69) is 119 Å². The van der Waals surface area contributed by atoms with Gasteiger partial charge in [-0.05, 0) is 53.5 Å². The Bertz CT molecular complexity index is 1860. The van der Waals surface area contributed by atoms with Crippen molar-refractivity contribution < 1.29 is 0 Å². The van der Waals surface area contributed by atoms with Crippen molar-refractivity contribution in [3.05, 3.63) is 120 Å². The van der Waals surface area contributed by atoms with Crippen LogP contribution in [0.1, 0.15) is 16.8 Å². The highest BCUT2D eigenvalue weighted by molar-refractivity contribution is 5.95. The molecule has 3 aliphatic rings. The molecule has 0 saturated heterocycles. The highest BCUT2D eigenvalue weighted by Gasteiger charge is 2.27. The van der Waals surface area contributed by atoms with Crippen molar-refractivity contribution in [2.24, 2.45) is 5.92 Å². The highest BCUT2D eigenvalue weighted by Crippen LogP contribution is 2.40. The van der Waals surface area contributed by atoms with Gasteiger partial charge in [-0.25, -0.2) is 9.97 Å². The molecule has 1 atom stereocenters. The number of rotatable bonds is 2. The van der Waals surface area contributed by atoms with Gasteiger partial charge in [-0.2, -0.15) is 0 Å². The molecule has 4 heteroatoms. The molecule has 1 aliphatic heterocycles. The molecule has 0 spiro atoms. The second-order valence-electron chi connectivity index (χ2n) is 9.89. The zero-order valence-corrected chi connectivity index (χ0v) is 20.2. The lowest BCUT2D eigenvalue weighted by molar-refractivity contribution is 0.758. The summed E-state index contributed by atoms with van der Waals surface area (Å²) in [6.07, 6.45) is 16.5. The topological polar surface area (TPSA) is 42.7 Å². The number of anilines is 1. The van der Waals surface area contributed by atoms with E-state index in [1.807, 2.05) is 0 Å². The molecule has 0 radical (unpaired) electrons. The van der Waals surface area contributed by atoms with Crippen molar-refractivity contribution in [3.63, 3.8) is 0 Å². The maximum absolute atomic E-state index is 5.27. The quantitative estimate of drug-likeness (QED) is 0.289. The third-order valence-electron chi connectivity index (χ3n) is 7.73. The molecule has 2 aromatic heterocycles. The van der Waals surface area contributed by atoms with Crippen LogP contribution < -0.4 is 5.32 Å². The number of aromatic nitrogens is 3. The van der Waals surface area contributed by atoms with Crippen LogP contribution in [0.3, 0.4) is 0 Å². The van der Waals surface area contributed by atoms with E-state index in [1.165, 1.54) is 33.3 Å². The minimum Gasteiger partial charge on any atom is -0.381 e. The van der Waals surface area contributed by atoms with Gasteiger partial charge in [0, 0.05) is 34.5 Å².